The minimum atomic E-state index is -0.648. The highest BCUT2D eigenvalue weighted by atomic mass is 16.2. The number of rotatable bonds is 9. The molecule has 4 heteroatoms. The minimum Gasteiger partial charge on any atom is -0.387 e. The number of H-pyrrole nitrogens is 1. The van der Waals surface area contributed by atoms with Gasteiger partial charge in [0.2, 0.25) is 0 Å². The van der Waals surface area contributed by atoms with Crippen molar-refractivity contribution in [3.8, 4) is 0 Å². The maximum absolute atomic E-state index is 13.1. The van der Waals surface area contributed by atoms with Crippen LogP contribution in [-0.4, -0.2) is 23.1 Å². The van der Waals surface area contributed by atoms with E-state index < -0.39 is 5.92 Å². The van der Waals surface area contributed by atoms with E-state index in [1.165, 1.54) is 16.6 Å². The molecule has 4 nitrogen and oxygen atoms in total. The van der Waals surface area contributed by atoms with Crippen LogP contribution in [0.4, 0.5) is 0 Å². The van der Waals surface area contributed by atoms with Crippen LogP contribution >= 0.6 is 0 Å². The number of unbranched alkanes of at least 4 members (excludes halogenated alkanes) is 1. The zero-order chi connectivity index (χ0) is 22.5. The van der Waals surface area contributed by atoms with Crippen molar-refractivity contribution in [2.75, 3.05) is 6.54 Å². The van der Waals surface area contributed by atoms with Crippen LogP contribution in [0.25, 0.3) is 10.9 Å². The van der Waals surface area contributed by atoms with E-state index in [1.54, 1.807) is 0 Å². The van der Waals surface area contributed by atoms with Crippen molar-refractivity contribution in [3.63, 3.8) is 0 Å². The van der Waals surface area contributed by atoms with E-state index in [2.05, 4.69) is 60.6 Å². The van der Waals surface area contributed by atoms with E-state index in [0.29, 0.717) is 19.4 Å². The zero-order valence-electron chi connectivity index (χ0n) is 19.0. The van der Waals surface area contributed by atoms with Crippen LogP contribution in [0.3, 0.4) is 0 Å². The lowest BCUT2D eigenvalue weighted by atomic mass is 9.78. The summed E-state index contributed by atoms with van der Waals surface area (Å²) in [5.74, 6) is -0.555. The second kappa shape index (κ2) is 9.99. The van der Waals surface area contributed by atoms with Crippen LogP contribution in [0.5, 0.6) is 0 Å². The Morgan fingerprint density at radius 2 is 1.84 bits per heavy atom. The van der Waals surface area contributed by atoms with Gasteiger partial charge >= 0.3 is 0 Å². The second-order valence-electron chi connectivity index (χ2n) is 8.76. The molecule has 2 unspecified atom stereocenters. The molecule has 1 aliphatic rings. The summed E-state index contributed by atoms with van der Waals surface area (Å²) in [5, 5.41) is 4.73. The highest BCUT2D eigenvalue weighted by Crippen LogP contribution is 2.33. The lowest BCUT2D eigenvalue weighted by Crippen LogP contribution is -2.37. The SMILES string of the molecule is CCCCC(=O)C1C(=O)CC(c2ccccc2)C=C1NCCc1c(C)[nH]c2ccccc12. The third kappa shape index (κ3) is 4.69. The fourth-order valence-corrected chi connectivity index (χ4v) is 4.79. The highest BCUT2D eigenvalue weighted by Gasteiger charge is 2.35. The number of para-hydroxylation sites is 1. The van der Waals surface area contributed by atoms with Gasteiger partial charge in [0, 0.05) is 47.6 Å². The van der Waals surface area contributed by atoms with Crippen molar-refractivity contribution in [1.82, 2.24) is 10.3 Å². The number of Topliss-reactive ketones (excluding diaryl/α,β-unsaturated/α-hetero) is 2. The molecule has 2 atom stereocenters. The van der Waals surface area contributed by atoms with Gasteiger partial charge in [0.25, 0.3) is 0 Å². The Kier molecular flexibility index (Phi) is 6.89. The summed E-state index contributed by atoms with van der Waals surface area (Å²) in [6.45, 7) is 4.85. The number of fused-ring (bicyclic) bond motifs is 1. The number of hydrogen-bond acceptors (Lipinski definition) is 3. The van der Waals surface area contributed by atoms with Crippen LogP contribution in [-0.2, 0) is 16.0 Å². The van der Waals surface area contributed by atoms with Gasteiger partial charge in [-0.05, 0) is 37.0 Å². The number of nitrogens with one attached hydrogen (secondary N) is 2. The predicted molar refractivity (Wildman–Crippen MR) is 130 cm³/mol. The fraction of sp³-hybridized carbons (Fsp3) is 0.357. The molecule has 4 rings (SSSR count). The Morgan fingerprint density at radius 1 is 1.09 bits per heavy atom. The van der Waals surface area contributed by atoms with Crippen LogP contribution in [0.2, 0.25) is 0 Å². The zero-order valence-corrected chi connectivity index (χ0v) is 19.0. The Bertz CT molecular complexity index is 1130. The molecule has 1 heterocycles. The van der Waals surface area contributed by atoms with E-state index in [0.717, 1.165) is 36.0 Å². The topological polar surface area (TPSA) is 62.0 Å². The molecular weight excluding hydrogens is 396 g/mol. The Morgan fingerprint density at radius 3 is 2.62 bits per heavy atom. The number of aromatic nitrogens is 1. The monoisotopic (exact) mass is 428 g/mol. The van der Waals surface area contributed by atoms with Crippen LogP contribution in [0.15, 0.2) is 66.4 Å². The van der Waals surface area contributed by atoms with Crippen LogP contribution < -0.4 is 5.32 Å². The summed E-state index contributed by atoms with van der Waals surface area (Å²) in [6, 6.07) is 18.4. The van der Waals surface area contributed by atoms with Crippen molar-refractivity contribution in [3.05, 3.63) is 83.2 Å². The molecule has 2 aromatic carbocycles. The van der Waals surface area contributed by atoms with Gasteiger partial charge in [-0.15, -0.1) is 0 Å². The molecule has 0 saturated heterocycles. The molecule has 1 aromatic heterocycles. The third-order valence-corrected chi connectivity index (χ3v) is 6.49. The lowest BCUT2D eigenvalue weighted by molar-refractivity contribution is -0.132. The van der Waals surface area contributed by atoms with Gasteiger partial charge < -0.3 is 10.3 Å². The molecule has 1 aliphatic carbocycles. The predicted octanol–water partition coefficient (Wildman–Crippen LogP) is 5.62. The first-order chi connectivity index (χ1) is 15.6. The summed E-state index contributed by atoms with van der Waals surface area (Å²) in [4.78, 5) is 29.5. The van der Waals surface area contributed by atoms with E-state index in [9.17, 15) is 9.59 Å². The van der Waals surface area contributed by atoms with Gasteiger partial charge in [-0.2, -0.15) is 0 Å². The molecular formula is C28H32N2O2. The molecule has 166 valence electrons. The van der Waals surface area contributed by atoms with Gasteiger partial charge in [0.15, 0.2) is 0 Å². The number of aromatic amines is 1. The normalized spacial score (nSPS) is 18.6. The number of carbonyl (C=O) groups is 2. The molecule has 3 aromatic rings. The maximum atomic E-state index is 13.1. The van der Waals surface area contributed by atoms with Crippen LogP contribution in [0, 0.1) is 12.8 Å². The summed E-state index contributed by atoms with van der Waals surface area (Å²) < 4.78 is 0. The van der Waals surface area contributed by atoms with Gasteiger partial charge in [0.05, 0.1) is 0 Å². The van der Waals surface area contributed by atoms with Gasteiger partial charge in [-0.3, -0.25) is 9.59 Å². The quantitative estimate of drug-likeness (QED) is 0.435. The Hall–Kier alpha value is -3.14. The average molecular weight is 429 g/mol. The molecule has 0 fully saturated rings. The molecule has 0 saturated carbocycles. The number of aryl methyl sites for hydroxylation is 1. The summed E-state index contributed by atoms with van der Waals surface area (Å²) in [5.41, 5.74) is 5.49. The molecule has 0 spiro atoms. The van der Waals surface area contributed by atoms with E-state index in [4.69, 9.17) is 0 Å². The summed E-state index contributed by atoms with van der Waals surface area (Å²) in [7, 11) is 0. The van der Waals surface area contributed by atoms with Crippen molar-refractivity contribution >= 4 is 22.5 Å². The summed E-state index contributed by atoms with van der Waals surface area (Å²) in [6.07, 6.45) is 5.57. The van der Waals surface area contributed by atoms with E-state index >= 15 is 0 Å². The maximum Gasteiger partial charge on any atom is 0.150 e. The van der Waals surface area contributed by atoms with Crippen molar-refractivity contribution in [1.29, 1.82) is 0 Å². The lowest BCUT2D eigenvalue weighted by Gasteiger charge is -2.28. The molecule has 0 aliphatic heterocycles. The molecule has 0 amide bonds. The number of ketones is 2. The second-order valence-corrected chi connectivity index (χ2v) is 8.76. The Labute approximate surface area is 190 Å². The minimum absolute atomic E-state index is 0.0104. The van der Waals surface area contributed by atoms with E-state index in [1.807, 2.05) is 24.3 Å². The number of allylic oxidation sites excluding steroid dienone is 2. The smallest absolute Gasteiger partial charge is 0.150 e. The highest BCUT2D eigenvalue weighted by molar-refractivity contribution is 6.06. The average Bonchev–Trinajstić information content (AvgIpc) is 3.13. The fourth-order valence-electron chi connectivity index (χ4n) is 4.79. The first kappa shape index (κ1) is 22.1. The third-order valence-electron chi connectivity index (χ3n) is 6.49. The first-order valence-electron chi connectivity index (χ1n) is 11.7. The van der Waals surface area contributed by atoms with E-state index in [-0.39, 0.29) is 17.5 Å². The summed E-state index contributed by atoms with van der Waals surface area (Å²) >= 11 is 0. The van der Waals surface area contributed by atoms with Crippen molar-refractivity contribution < 1.29 is 9.59 Å². The van der Waals surface area contributed by atoms with Crippen molar-refractivity contribution in [2.45, 2.75) is 51.9 Å². The van der Waals surface area contributed by atoms with Crippen LogP contribution in [0.1, 0.15) is 55.3 Å². The van der Waals surface area contributed by atoms with Crippen molar-refractivity contribution in [2.24, 2.45) is 5.92 Å². The largest absolute Gasteiger partial charge is 0.387 e. The molecule has 2 N–H and O–H groups in total. The first-order valence-corrected chi connectivity index (χ1v) is 11.7. The number of carbonyl (C=O) groups excluding carboxylic acids is 2. The van der Waals surface area contributed by atoms with Gasteiger partial charge in [0.1, 0.15) is 17.5 Å². The number of hydrogen-bond donors (Lipinski definition) is 2. The molecule has 0 bridgehead atoms. The molecule has 0 radical (unpaired) electrons. The standard InChI is InChI=1S/C28H32N2O2/c1-3-4-14-26(31)28-25(17-21(18-27(28)32)20-10-6-5-7-11-20)29-16-15-22-19(2)30-24-13-9-8-12-23(22)24/h5-13,17,21,28-30H,3-4,14-16,18H2,1-2H3. The molecule has 32 heavy (non-hydrogen) atoms. The van der Waals surface area contributed by atoms with Gasteiger partial charge in [-0.25, -0.2) is 0 Å². The Balaban J connectivity index is 1.56. The van der Waals surface area contributed by atoms with Gasteiger partial charge in [-0.1, -0.05) is 68.0 Å². The number of benzene rings is 2.